The molecular weight excluding hydrogens is 192 g/mol. The molecule has 0 aromatic rings. The molecule has 1 saturated heterocycles. The molecule has 0 radical (unpaired) electrons. The molecule has 3 N–H and O–H groups in total. The molecule has 6 heteroatoms. The van der Waals surface area contributed by atoms with E-state index < -0.39 is 18.1 Å². The highest BCUT2D eigenvalue weighted by molar-refractivity contribution is 8.00. The normalized spacial score (nSPS) is 25.5. The highest BCUT2D eigenvalue weighted by atomic mass is 32.2. The number of ether oxygens (including phenoxy) is 1. The van der Waals surface area contributed by atoms with Crippen LogP contribution in [-0.4, -0.2) is 28.7 Å². The fourth-order valence-electron chi connectivity index (χ4n) is 1.17. The molecule has 5 nitrogen and oxygen atoms in total. The van der Waals surface area contributed by atoms with Crippen LogP contribution in [0.4, 0.5) is 4.79 Å². The Balaban J connectivity index is 2.61. The zero-order valence-corrected chi connectivity index (χ0v) is 8.31. The van der Waals surface area contributed by atoms with Gasteiger partial charge in [0.15, 0.2) is 0 Å². The Kier molecular flexibility index (Phi) is 2.82. The fourth-order valence-corrected chi connectivity index (χ4v) is 2.13. The van der Waals surface area contributed by atoms with Crippen LogP contribution in [0, 0.1) is 0 Å². The highest BCUT2D eigenvalue weighted by Gasteiger charge is 2.41. The van der Waals surface area contributed by atoms with Crippen molar-refractivity contribution < 1.29 is 14.3 Å². The van der Waals surface area contributed by atoms with Gasteiger partial charge in [-0.15, -0.1) is 11.8 Å². The van der Waals surface area contributed by atoms with Gasteiger partial charge < -0.3 is 10.5 Å². The van der Waals surface area contributed by atoms with Crippen molar-refractivity contribution in [3.05, 3.63) is 0 Å². The average Bonchev–Trinajstić information content (AvgIpc) is 2.27. The van der Waals surface area contributed by atoms with Crippen molar-refractivity contribution in [2.45, 2.75) is 24.6 Å². The second kappa shape index (κ2) is 3.55. The Morgan fingerprint density at radius 2 is 2.23 bits per heavy atom. The Morgan fingerprint density at radius 3 is 2.62 bits per heavy atom. The summed E-state index contributed by atoms with van der Waals surface area (Å²) in [5.41, 5.74) is 4.73. The zero-order chi connectivity index (χ0) is 10.1. The van der Waals surface area contributed by atoms with Gasteiger partial charge in [0.25, 0.3) is 0 Å². The first kappa shape index (κ1) is 10.3. The van der Waals surface area contributed by atoms with Crippen molar-refractivity contribution in [3.63, 3.8) is 0 Å². The SMILES string of the molecule is CC1(C)SCNC1C(=O)OC(N)=O. The Hall–Kier alpha value is -0.750. The molecule has 1 amide bonds. The summed E-state index contributed by atoms with van der Waals surface area (Å²) in [6.45, 7) is 3.81. The van der Waals surface area contributed by atoms with E-state index in [1.54, 1.807) is 11.8 Å². The third-order valence-electron chi connectivity index (χ3n) is 1.86. The van der Waals surface area contributed by atoms with Gasteiger partial charge in [0.05, 0.1) is 0 Å². The van der Waals surface area contributed by atoms with Gasteiger partial charge in [-0.3, -0.25) is 5.32 Å². The summed E-state index contributed by atoms with van der Waals surface area (Å²) in [5, 5.41) is 2.93. The number of esters is 1. The van der Waals surface area contributed by atoms with E-state index >= 15 is 0 Å². The molecule has 1 fully saturated rings. The summed E-state index contributed by atoms with van der Waals surface area (Å²) in [5.74, 6) is 0.0634. The molecule has 0 bridgehead atoms. The van der Waals surface area contributed by atoms with Gasteiger partial charge in [-0.25, -0.2) is 9.59 Å². The zero-order valence-electron chi connectivity index (χ0n) is 7.49. The number of carbonyl (C=O) groups excluding carboxylic acids is 2. The van der Waals surface area contributed by atoms with Gasteiger partial charge in [0.1, 0.15) is 6.04 Å². The maximum atomic E-state index is 11.3. The van der Waals surface area contributed by atoms with Crippen molar-refractivity contribution in [1.82, 2.24) is 5.32 Å². The van der Waals surface area contributed by atoms with Crippen molar-refractivity contribution in [2.75, 3.05) is 5.88 Å². The number of primary amides is 1. The number of rotatable bonds is 1. The maximum absolute atomic E-state index is 11.3. The number of hydrogen-bond donors (Lipinski definition) is 2. The molecule has 1 heterocycles. The van der Waals surface area contributed by atoms with Gasteiger partial charge >= 0.3 is 12.1 Å². The van der Waals surface area contributed by atoms with E-state index in [4.69, 9.17) is 5.73 Å². The molecule has 0 aliphatic carbocycles. The predicted molar refractivity (Wildman–Crippen MR) is 49.1 cm³/mol. The summed E-state index contributed by atoms with van der Waals surface area (Å²) in [4.78, 5) is 21.6. The summed E-state index contributed by atoms with van der Waals surface area (Å²) in [6, 6.07) is -0.468. The summed E-state index contributed by atoms with van der Waals surface area (Å²) >= 11 is 1.60. The number of thioether (sulfide) groups is 1. The molecule has 0 aromatic carbocycles. The van der Waals surface area contributed by atoms with Gasteiger partial charge in [0.2, 0.25) is 0 Å². The number of hydrogen-bond acceptors (Lipinski definition) is 5. The number of carbonyl (C=O) groups is 2. The van der Waals surface area contributed by atoms with Gasteiger partial charge in [-0.2, -0.15) is 0 Å². The molecule has 0 saturated carbocycles. The van der Waals surface area contributed by atoms with Crippen LogP contribution in [0.1, 0.15) is 13.8 Å². The van der Waals surface area contributed by atoms with Gasteiger partial charge in [0, 0.05) is 10.6 Å². The van der Waals surface area contributed by atoms with Crippen LogP contribution in [0.5, 0.6) is 0 Å². The largest absolute Gasteiger partial charge is 0.412 e. The van der Waals surface area contributed by atoms with Crippen LogP contribution in [0.2, 0.25) is 0 Å². The molecule has 0 aromatic heterocycles. The number of amides is 1. The van der Waals surface area contributed by atoms with Gasteiger partial charge in [-0.05, 0) is 13.8 Å². The number of nitrogens with two attached hydrogens (primary N) is 1. The monoisotopic (exact) mass is 204 g/mol. The molecule has 74 valence electrons. The van der Waals surface area contributed by atoms with Crippen molar-refractivity contribution in [3.8, 4) is 0 Å². The minimum Gasteiger partial charge on any atom is -0.375 e. The molecule has 1 unspecified atom stereocenters. The molecule has 1 rings (SSSR count). The quantitative estimate of drug-likeness (QED) is 0.466. The van der Waals surface area contributed by atoms with Crippen molar-refractivity contribution in [2.24, 2.45) is 5.73 Å². The predicted octanol–water partition coefficient (Wildman–Crippen LogP) is 0.0494. The highest BCUT2D eigenvalue weighted by Crippen LogP contribution is 2.33. The standard InChI is InChI=1S/C7H12N2O3S/c1-7(2)4(9-3-13-7)5(10)12-6(8)11/h4,9H,3H2,1-2H3,(H2,8,11). The molecule has 1 aliphatic rings. The van der Waals surface area contributed by atoms with E-state index in [1.165, 1.54) is 0 Å². The fraction of sp³-hybridized carbons (Fsp3) is 0.714. The average molecular weight is 204 g/mol. The third kappa shape index (κ3) is 2.35. The second-order valence-electron chi connectivity index (χ2n) is 3.27. The summed E-state index contributed by atoms with van der Waals surface area (Å²) in [7, 11) is 0. The lowest BCUT2D eigenvalue weighted by Gasteiger charge is -2.22. The Morgan fingerprint density at radius 1 is 1.62 bits per heavy atom. The molecular formula is C7H12N2O3S. The van der Waals surface area contributed by atoms with Crippen molar-refractivity contribution >= 4 is 23.8 Å². The first-order valence-corrected chi connectivity index (χ1v) is 4.80. The van der Waals surface area contributed by atoms with Crippen LogP contribution >= 0.6 is 11.8 Å². The topological polar surface area (TPSA) is 81.4 Å². The summed E-state index contributed by atoms with van der Waals surface area (Å²) in [6.07, 6.45) is -1.06. The third-order valence-corrected chi connectivity index (χ3v) is 3.15. The van der Waals surface area contributed by atoms with E-state index in [-0.39, 0.29) is 4.75 Å². The smallest absolute Gasteiger partial charge is 0.375 e. The second-order valence-corrected chi connectivity index (χ2v) is 4.90. The molecule has 13 heavy (non-hydrogen) atoms. The van der Waals surface area contributed by atoms with E-state index in [9.17, 15) is 9.59 Å². The summed E-state index contributed by atoms with van der Waals surface area (Å²) < 4.78 is 4.04. The lowest BCUT2D eigenvalue weighted by Crippen LogP contribution is -2.45. The van der Waals surface area contributed by atoms with Crippen LogP contribution in [0.15, 0.2) is 0 Å². The van der Waals surface area contributed by atoms with E-state index in [0.29, 0.717) is 5.88 Å². The Labute approximate surface area is 80.4 Å². The van der Waals surface area contributed by atoms with Crippen LogP contribution in [0.25, 0.3) is 0 Å². The van der Waals surface area contributed by atoms with Crippen LogP contribution in [-0.2, 0) is 9.53 Å². The molecule has 1 atom stereocenters. The lowest BCUT2D eigenvalue weighted by atomic mass is 10.0. The minimum atomic E-state index is -1.06. The Bertz CT molecular complexity index is 242. The first-order chi connectivity index (χ1) is 5.93. The maximum Gasteiger partial charge on any atom is 0.412 e. The molecule has 0 spiro atoms. The van der Waals surface area contributed by atoms with E-state index in [2.05, 4.69) is 10.1 Å². The van der Waals surface area contributed by atoms with Crippen LogP contribution in [0.3, 0.4) is 0 Å². The van der Waals surface area contributed by atoms with Crippen LogP contribution < -0.4 is 11.1 Å². The van der Waals surface area contributed by atoms with E-state index in [1.807, 2.05) is 13.8 Å². The van der Waals surface area contributed by atoms with Crippen molar-refractivity contribution in [1.29, 1.82) is 0 Å². The van der Waals surface area contributed by atoms with Gasteiger partial charge in [-0.1, -0.05) is 0 Å². The first-order valence-electron chi connectivity index (χ1n) is 3.82. The van der Waals surface area contributed by atoms with E-state index in [0.717, 1.165) is 0 Å². The number of nitrogens with one attached hydrogen (secondary N) is 1. The molecule has 1 aliphatic heterocycles. The minimum absolute atomic E-state index is 0.257. The lowest BCUT2D eigenvalue weighted by molar-refractivity contribution is -0.139.